The van der Waals surface area contributed by atoms with E-state index in [1.54, 1.807) is 32.9 Å². The summed E-state index contributed by atoms with van der Waals surface area (Å²) in [6.45, 7) is 5.45. The first-order chi connectivity index (χ1) is 18.2. The molecule has 1 aliphatic carbocycles. The molecule has 1 fully saturated rings. The Kier molecular flexibility index (Phi) is 8.40. The van der Waals surface area contributed by atoms with Crippen molar-refractivity contribution in [2.24, 2.45) is 11.8 Å². The van der Waals surface area contributed by atoms with E-state index >= 15 is 0 Å². The van der Waals surface area contributed by atoms with Crippen molar-refractivity contribution in [2.75, 3.05) is 5.32 Å². The maximum atomic E-state index is 12.9. The largest absolute Gasteiger partial charge is 0.481 e. The van der Waals surface area contributed by atoms with Gasteiger partial charge in [0.05, 0.1) is 35.5 Å². The predicted octanol–water partition coefficient (Wildman–Crippen LogP) is 5.17. The van der Waals surface area contributed by atoms with Gasteiger partial charge in [0.2, 0.25) is 5.91 Å². The van der Waals surface area contributed by atoms with Crippen molar-refractivity contribution in [3.63, 3.8) is 0 Å². The monoisotopic (exact) mass is 520 g/mol. The van der Waals surface area contributed by atoms with Gasteiger partial charge in [0.25, 0.3) is 0 Å². The first-order valence-corrected chi connectivity index (χ1v) is 12.7. The molecule has 0 saturated heterocycles. The summed E-state index contributed by atoms with van der Waals surface area (Å²) >= 11 is 0. The van der Waals surface area contributed by atoms with Crippen molar-refractivity contribution in [1.82, 2.24) is 15.5 Å². The average Bonchev–Trinajstić information content (AvgIpc) is 3.29. The molecule has 2 amide bonds. The lowest BCUT2D eigenvalue weighted by molar-refractivity contribution is -0.147. The molecule has 1 aliphatic rings. The Hall–Kier alpha value is -4.21. The standard InChI is InChI=1S/C28H32N4O6/c1-16-22(15-29-28(36)37-18(3)19-9-5-4-6-10-19)25(38-32-16)24-14-13-23(17(2)30-24)31-26(33)20-11-7-8-12-21(20)27(34)35/h4-6,9-10,13-14,18,20-21H,7-8,11-12,15H2,1-3H3,(H,29,36)(H,31,33)(H,34,35)/t18-,20+,21+/m1/s1. The number of aryl methyl sites for hydroxylation is 2. The molecule has 0 bridgehead atoms. The topological polar surface area (TPSA) is 144 Å². The van der Waals surface area contributed by atoms with E-state index in [9.17, 15) is 19.5 Å². The van der Waals surface area contributed by atoms with Crippen LogP contribution in [-0.4, -0.2) is 33.2 Å². The quantitative estimate of drug-likeness (QED) is 0.369. The Bertz CT molecular complexity index is 1310. The number of nitrogens with zero attached hydrogens (tertiary/aromatic N) is 2. The number of hydrogen-bond donors (Lipinski definition) is 3. The number of hydrogen-bond acceptors (Lipinski definition) is 7. The number of carbonyl (C=O) groups is 3. The Labute approximate surface area is 220 Å². The number of amides is 2. The molecule has 3 atom stereocenters. The highest BCUT2D eigenvalue weighted by Crippen LogP contribution is 2.32. The number of aromatic nitrogens is 2. The maximum Gasteiger partial charge on any atom is 0.408 e. The Morgan fingerprint density at radius 1 is 1.05 bits per heavy atom. The number of carboxylic acid groups (broad SMARTS) is 1. The molecule has 0 spiro atoms. The summed E-state index contributed by atoms with van der Waals surface area (Å²) in [6.07, 6.45) is 1.71. The van der Waals surface area contributed by atoms with Crippen molar-refractivity contribution < 1.29 is 28.8 Å². The fraction of sp³-hybridized carbons (Fsp3) is 0.393. The first-order valence-electron chi connectivity index (χ1n) is 12.7. The van der Waals surface area contributed by atoms with E-state index in [2.05, 4.69) is 20.8 Å². The molecule has 4 rings (SSSR count). The van der Waals surface area contributed by atoms with E-state index in [4.69, 9.17) is 9.26 Å². The molecule has 38 heavy (non-hydrogen) atoms. The predicted molar refractivity (Wildman–Crippen MR) is 139 cm³/mol. The third-order valence-electron chi connectivity index (χ3n) is 6.94. The van der Waals surface area contributed by atoms with Gasteiger partial charge in [-0.05, 0) is 51.3 Å². The van der Waals surface area contributed by atoms with Crippen LogP contribution in [0.5, 0.6) is 0 Å². The molecule has 3 aromatic rings. The van der Waals surface area contributed by atoms with Gasteiger partial charge in [-0.15, -0.1) is 0 Å². The summed E-state index contributed by atoms with van der Waals surface area (Å²) in [5.74, 6) is -2.09. The number of alkyl carbamates (subject to hydrolysis) is 1. The van der Waals surface area contributed by atoms with Crippen LogP contribution in [0.25, 0.3) is 11.5 Å². The van der Waals surface area contributed by atoms with Gasteiger partial charge >= 0.3 is 12.1 Å². The number of carboxylic acids is 1. The molecule has 0 unspecified atom stereocenters. The van der Waals surface area contributed by atoms with Crippen LogP contribution in [0.2, 0.25) is 0 Å². The highest BCUT2D eigenvalue weighted by Gasteiger charge is 2.36. The summed E-state index contributed by atoms with van der Waals surface area (Å²) in [4.78, 5) is 41.5. The van der Waals surface area contributed by atoms with Gasteiger partial charge in [-0.2, -0.15) is 0 Å². The van der Waals surface area contributed by atoms with Gasteiger partial charge in [-0.1, -0.05) is 48.3 Å². The van der Waals surface area contributed by atoms with Gasteiger partial charge in [-0.3, -0.25) is 9.59 Å². The normalized spacial score (nSPS) is 17.9. The number of anilines is 1. The second kappa shape index (κ2) is 11.9. The molecule has 3 N–H and O–H groups in total. The van der Waals surface area contributed by atoms with Gasteiger partial charge in [0.15, 0.2) is 5.76 Å². The summed E-state index contributed by atoms with van der Waals surface area (Å²) in [5, 5.41) is 19.1. The fourth-order valence-corrected chi connectivity index (χ4v) is 4.74. The summed E-state index contributed by atoms with van der Waals surface area (Å²) in [7, 11) is 0. The third-order valence-corrected chi connectivity index (χ3v) is 6.94. The van der Waals surface area contributed by atoms with Crippen LogP contribution in [-0.2, 0) is 20.9 Å². The molecule has 0 aliphatic heterocycles. The van der Waals surface area contributed by atoms with Gasteiger partial charge in [0.1, 0.15) is 11.8 Å². The van der Waals surface area contributed by atoms with E-state index < -0.39 is 30.0 Å². The van der Waals surface area contributed by atoms with Gasteiger partial charge in [-0.25, -0.2) is 9.78 Å². The van der Waals surface area contributed by atoms with E-state index in [0.29, 0.717) is 46.9 Å². The summed E-state index contributed by atoms with van der Waals surface area (Å²) in [5.41, 5.74) is 3.68. The van der Waals surface area contributed by atoms with Crippen LogP contribution in [0.4, 0.5) is 10.5 Å². The lowest BCUT2D eigenvalue weighted by Crippen LogP contribution is -2.36. The zero-order valence-corrected chi connectivity index (χ0v) is 21.7. The smallest absolute Gasteiger partial charge is 0.408 e. The second-order valence-corrected chi connectivity index (χ2v) is 9.54. The summed E-state index contributed by atoms with van der Waals surface area (Å²) in [6, 6.07) is 12.8. The molecule has 1 aromatic carbocycles. The summed E-state index contributed by atoms with van der Waals surface area (Å²) < 4.78 is 11.0. The van der Waals surface area contributed by atoms with Crippen LogP contribution in [0.15, 0.2) is 47.0 Å². The molecule has 10 heteroatoms. The first kappa shape index (κ1) is 26.8. The Morgan fingerprint density at radius 2 is 1.76 bits per heavy atom. The van der Waals surface area contributed by atoms with Crippen LogP contribution >= 0.6 is 0 Å². The van der Waals surface area contributed by atoms with Gasteiger partial charge in [0, 0.05) is 5.56 Å². The number of aliphatic carboxylic acids is 1. The Morgan fingerprint density at radius 3 is 2.45 bits per heavy atom. The molecule has 2 aromatic heterocycles. The molecule has 10 nitrogen and oxygen atoms in total. The van der Waals surface area contributed by atoms with Crippen LogP contribution in [0.3, 0.4) is 0 Å². The van der Waals surface area contributed by atoms with Crippen LogP contribution < -0.4 is 10.6 Å². The van der Waals surface area contributed by atoms with E-state index in [0.717, 1.165) is 18.4 Å². The number of rotatable bonds is 8. The minimum absolute atomic E-state index is 0.127. The molecular weight excluding hydrogens is 488 g/mol. The molecular formula is C28H32N4O6. The third kappa shape index (κ3) is 6.19. The number of pyridine rings is 1. The number of benzene rings is 1. The van der Waals surface area contributed by atoms with E-state index in [1.165, 1.54) is 0 Å². The van der Waals surface area contributed by atoms with Crippen molar-refractivity contribution >= 4 is 23.7 Å². The highest BCUT2D eigenvalue weighted by molar-refractivity contribution is 5.95. The lowest BCUT2D eigenvalue weighted by atomic mass is 9.78. The second-order valence-electron chi connectivity index (χ2n) is 9.54. The zero-order valence-electron chi connectivity index (χ0n) is 21.7. The van der Waals surface area contributed by atoms with Crippen LogP contribution in [0, 0.1) is 25.7 Å². The van der Waals surface area contributed by atoms with Crippen molar-refractivity contribution in [3.8, 4) is 11.5 Å². The minimum atomic E-state index is -0.935. The van der Waals surface area contributed by atoms with Crippen molar-refractivity contribution in [3.05, 3.63) is 65.0 Å². The molecule has 1 saturated carbocycles. The van der Waals surface area contributed by atoms with Crippen molar-refractivity contribution in [2.45, 2.75) is 59.1 Å². The zero-order chi connectivity index (χ0) is 27.2. The Balaban J connectivity index is 1.42. The van der Waals surface area contributed by atoms with Crippen LogP contribution in [0.1, 0.15) is 61.2 Å². The fourth-order valence-electron chi connectivity index (χ4n) is 4.74. The van der Waals surface area contributed by atoms with E-state index in [1.807, 2.05) is 30.3 Å². The molecule has 0 radical (unpaired) electrons. The van der Waals surface area contributed by atoms with Gasteiger partial charge < -0.3 is 25.0 Å². The number of carbonyl (C=O) groups excluding carboxylic acids is 2. The number of nitrogens with one attached hydrogen (secondary N) is 2. The molecule has 2 heterocycles. The minimum Gasteiger partial charge on any atom is -0.481 e. The average molecular weight is 521 g/mol. The SMILES string of the molecule is Cc1nc(-c2onc(C)c2CNC(=O)O[C@H](C)c2ccccc2)ccc1NC(=O)[C@H]1CCCC[C@@H]1C(=O)O. The van der Waals surface area contributed by atoms with E-state index in [-0.39, 0.29) is 12.5 Å². The maximum absolute atomic E-state index is 12.9. The molecule has 200 valence electrons. The van der Waals surface area contributed by atoms with Crippen molar-refractivity contribution in [1.29, 1.82) is 0 Å². The lowest BCUT2D eigenvalue weighted by Gasteiger charge is -2.27. The highest BCUT2D eigenvalue weighted by atomic mass is 16.6. The number of ether oxygens (including phenoxy) is 1.